The molecular weight excluding hydrogens is 386 g/mol. The van der Waals surface area contributed by atoms with Crippen molar-refractivity contribution >= 4 is 33.4 Å². The summed E-state index contributed by atoms with van der Waals surface area (Å²) in [7, 11) is 1.63. The average Bonchev–Trinajstić information content (AvgIpc) is 3.31. The van der Waals surface area contributed by atoms with Crippen LogP contribution in [0.15, 0.2) is 35.7 Å². The van der Waals surface area contributed by atoms with E-state index in [9.17, 15) is 0 Å². The average molecular weight is 407 g/mol. The topological polar surface area (TPSA) is 73.9 Å². The van der Waals surface area contributed by atoms with Gasteiger partial charge in [-0.15, -0.1) is 16.4 Å². The first-order chi connectivity index (χ1) is 14.2. The van der Waals surface area contributed by atoms with Gasteiger partial charge in [0, 0.05) is 10.4 Å². The number of fused-ring (bicyclic) bond motifs is 5. The number of aryl methyl sites for hydroxylation is 1. The smallest absolute Gasteiger partial charge is 0.192 e. The molecule has 1 atom stereocenters. The van der Waals surface area contributed by atoms with Crippen LogP contribution < -0.4 is 4.74 Å². The van der Waals surface area contributed by atoms with Crippen molar-refractivity contribution in [2.24, 2.45) is 11.1 Å². The van der Waals surface area contributed by atoms with Crippen LogP contribution in [0.4, 0.5) is 0 Å². The van der Waals surface area contributed by atoms with E-state index in [-0.39, 0.29) is 6.61 Å². The van der Waals surface area contributed by atoms with Crippen LogP contribution in [-0.2, 0) is 24.3 Å². The molecule has 1 aliphatic carbocycles. The monoisotopic (exact) mass is 407 g/mol. The predicted molar refractivity (Wildman–Crippen MR) is 113 cm³/mol. The number of hydrogen-bond donors (Lipinski definition) is 0. The van der Waals surface area contributed by atoms with Crippen molar-refractivity contribution in [2.75, 3.05) is 7.11 Å². The van der Waals surface area contributed by atoms with E-state index in [0.29, 0.717) is 5.82 Å². The molecule has 0 unspecified atom stereocenters. The molecule has 0 bridgehead atoms. The Hall–Kier alpha value is -3.00. The van der Waals surface area contributed by atoms with Gasteiger partial charge in [0.1, 0.15) is 16.9 Å². The molecule has 0 amide bonds. The fraction of sp³-hybridized carbons (Fsp3) is 0.333. The van der Waals surface area contributed by atoms with Crippen LogP contribution in [0.2, 0.25) is 0 Å². The van der Waals surface area contributed by atoms with Gasteiger partial charge in [-0.1, -0.05) is 24.2 Å². The molecule has 0 N–H and O–H groups in total. The fourth-order valence-electron chi connectivity index (χ4n) is 3.81. The van der Waals surface area contributed by atoms with Gasteiger partial charge in [0.25, 0.3) is 0 Å². The number of ether oxygens (including phenoxy) is 1. The standard InChI is InChI=1S/C21H21N5O2S/c1-13-7-8-15-17(9-13)29-21-19(15)20-24-18(25-26(20)12-22-21)11-28-23-10-14-5-3-4-6-16(14)27-2/h3-6,10,12-13H,7-9,11H2,1-2H3/b23-10-/t13-/m1/s1. The summed E-state index contributed by atoms with van der Waals surface area (Å²) >= 11 is 1.79. The molecule has 3 heterocycles. The number of nitrogens with zero attached hydrogens (tertiary/aromatic N) is 5. The van der Waals surface area contributed by atoms with E-state index in [0.717, 1.165) is 45.9 Å². The molecule has 29 heavy (non-hydrogen) atoms. The maximum absolute atomic E-state index is 5.43. The van der Waals surface area contributed by atoms with E-state index in [2.05, 4.69) is 22.2 Å². The highest BCUT2D eigenvalue weighted by Crippen LogP contribution is 2.38. The first-order valence-corrected chi connectivity index (χ1v) is 10.5. The number of rotatable bonds is 5. The molecule has 5 rings (SSSR count). The second-order valence-corrected chi connectivity index (χ2v) is 8.41. The lowest BCUT2D eigenvalue weighted by Gasteiger charge is -2.17. The molecule has 4 aromatic rings. The van der Waals surface area contributed by atoms with Gasteiger partial charge in [-0.25, -0.2) is 14.5 Å². The number of para-hydroxylation sites is 1. The van der Waals surface area contributed by atoms with Crippen molar-refractivity contribution in [1.29, 1.82) is 0 Å². The third-order valence-electron chi connectivity index (χ3n) is 5.28. The number of oxime groups is 1. The molecule has 0 spiro atoms. The summed E-state index contributed by atoms with van der Waals surface area (Å²) in [5.74, 6) is 2.06. The minimum atomic E-state index is 0.193. The van der Waals surface area contributed by atoms with E-state index < -0.39 is 0 Å². The Balaban J connectivity index is 1.39. The van der Waals surface area contributed by atoms with Crippen molar-refractivity contribution in [3.8, 4) is 5.75 Å². The van der Waals surface area contributed by atoms with Gasteiger partial charge in [-0.3, -0.25) is 0 Å². The highest BCUT2D eigenvalue weighted by Gasteiger charge is 2.23. The highest BCUT2D eigenvalue weighted by molar-refractivity contribution is 7.19. The van der Waals surface area contributed by atoms with E-state index in [1.54, 1.807) is 35.5 Å². The molecule has 0 saturated carbocycles. The Bertz CT molecular complexity index is 1210. The Kier molecular flexibility index (Phi) is 4.63. The van der Waals surface area contributed by atoms with Gasteiger partial charge in [0.05, 0.1) is 18.7 Å². The minimum absolute atomic E-state index is 0.193. The molecular formula is C21H21N5O2S. The lowest BCUT2D eigenvalue weighted by atomic mass is 9.89. The van der Waals surface area contributed by atoms with Gasteiger partial charge in [0.2, 0.25) is 0 Å². The third-order valence-corrected chi connectivity index (χ3v) is 6.44. The van der Waals surface area contributed by atoms with E-state index in [1.165, 1.54) is 16.9 Å². The molecule has 148 valence electrons. The first-order valence-electron chi connectivity index (χ1n) is 9.66. The van der Waals surface area contributed by atoms with Crippen molar-refractivity contribution < 1.29 is 9.57 Å². The summed E-state index contributed by atoms with van der Waals surface area (Å²) < 4.78 is 7.05. The van der Waals surface area contributed by atoms with Crippen LogP contribution in [0.25, 0.3) is 15.9 Å². The summed E-state index contributed by atoms with van der Waals surface area (Å²) in [5.41, 5.74) is 3.10. The number of benzene rings is 1. The maximum atomic E-state index is 5.43. The van der Waals surface area contributed by atoms with Gasteiger partial charge in [-0.2, -0.15) is 0 Å². The second kappa shape index (κ2) is 7.44. The SMILES string of the molecule is COc1ccccc1/C=N\OCc1nc2c3c4c(sc3ncn2n1)C[C@H](C)CC4. The molecule has 1 aromatic carbocycles. The van der Waals surface area contributed by atoms with Gasteiger partial charge < -0.3 is 9.57 Å². The Labute approximate surface area is 172 Å². The summed E-state index contributed by atoms with van der Waals surface area (Å²) in [6.07, 6.45) is 6.79. The van der Waals surface area contributed by atoms with Crippen molar-refractivity contribution in [1.82, 2.24) is 19.6 Å². The van der Waals surface area contributed by atoms with Gasteiger partial charge >= 0.3 is 0 Å². The Morgan fingerprint density at radius 2 is 2.24 bits per heavy atom. The van der Waals surface area contributed by atoms with Crippen LogP contribution in [0.5, 0.6) is 5.75 Å². The maximum Gasteiger partial charge on any atom is 0.192 e. The van der Waals surface area contributed by atoms with Gasteiger partial charge in [0.15, 0.2) is 18.1 Å². The molecule has 8 heteroatoms. The summed E-state index contributed by atoms with van der Waals surface area (Å²) in [4.78, 5) is 17.2. The van der Waals surface area contributed by atoms with Crippen molar-refractivity contribution in [3.05, 3.63) is 52.4 Å². The summed E-state index contributed by atoms with van der Waals surface area (Å²) in [6, 6.07) is 7.63. The largest absolute Gasteiger partial charge is 0.496 e. The quantitative estimate of drug-likeness (QED) is 0.369. The van der Waals surface area contributed by atoms with Crippen LogP contribution in [0.3, 0.4) is 0 Å². The van der Waals surface area contributed by atoms with E-state index in [1.807, 2.05) is 24.3 Å². The Morgan fingerprint density at radius 1 is 1.34 bits per heavy atom. The highest BCUT2D eigenvalue weighted by atomic mass is 32.1. The van der Waals surface area contributed by atoms with Crippen molar-refractivity contribution in [2.45, 2.75) is 32.8 Å². The molecule has 3 aromatic heterocycles. The number of thiophene rings is 1. The zero-order valence-electron chi connectivity index (χ0n) is 16.3. The first kappa shape index (κ1) is 18.1. The molecule has 0 fully saturated rings. The number of methoxy groups -OCH3 is 1. The summed E-state index contributed by atoms with van der Waals surface area (Å²) in [5, 5.41) is 9.70. The van der Waals surface area contributed by atoms with Crippen LogP contribution in [0.1, 0.15) is 35.2 Å². The normalized spacial score (nSPS) is 16.6. The fourth-order valence-corrected chi connectivity index (χ4v) is 5.15. The number of aromatic nitrogens is 4. The lowest BCUT2D eigenvalue weighted by Crippen LogP contribution is -2.08. The summed E-state index contributed by atoms with van der Waals surface area (Å²) in [6.45, 7) is 2.51. The minimum Gasteiger partial charge on any atom is -0.496 e. The molecule has 7 nitrogen and oxygen atoms in total. The van der Waals surface area contributed by atoms with Gasteiger partial charge in [-0.05, 0) is 42.9 Å². The zero-order valence-corrected chi connectivity index (χ0v) is 17.1. The third kappa shape index (κ3) is 3.33. The molecule has 0 saturated heterocycles. The molecule has 0 radical (unpaired) electrons. The van der Waals surface area contributed by atoms with E-state index >= 15 is 0 Å². The van der Waals surface area contributed by atoms with Crippen LogP contribution >= 0.6 is 11.3 Å². The Morgan fingerprint density at radius 3 is 3.14 bits per heavy atom. The molecule has 0 aliphatic heterocycles. The van der Waals surface area contributed by atoms with Crippen LogP contribution in [0, 0.1) is 5.92 Å². The lowest BCUT2D eigenvalue weighted by molar-refractivity contribution is 0.126. The van der Waals surface area contributed by atoms with Crippen LogP contribution in [-0.4, -0.2) is 32.9 Å². The van der Waals surface area contributed by atoms with E-state index in [4.69, 9.17) is 14.6 Å². The number of hydrogen-bond acceptors (Lipinski definition) is 7. The molecule has 1 aliphatic rings. The van der Waals surface area contributed by atoms with Crippen molar-refractivity contribution in [3.63, 3.8) is 0 Å². The second-order valence-electron chi connectivity index (χ2n) is 7.32. The predicted octanol–water partition coefficient (Wildman–Crippen LogP) is 4.02. The zero-order chi connectivity index (χ0) is 19.8.